The third kappa shape index (κ3) is 31.2. The maximum atomic E-state index is 13.6. The Balaban J connectivity index is 1.48. The highest BCUT2D eigenvalue weighted by atomic mass is 16.8. The van der Waals surface area contributed by atoms with Gasteiger partial charge in [0.1, 0.15) is 85.1 Å². The Kier molecular flexibility index (Phi) is 45.5. The van der Waals surface area contributed by atoms with Crippen LogP contribution in [-0.2, 0) is 57.1 Å². The number of aliphatic hydroxyl groups excluding tert-OH is 13. The summed E-state index contributed by atoms with van der Waals surface area (Å²) in [6.07, 6.45) is 0.839. The van der Waals surface area contributed by atoms with Crippen LogP contribution in [-0.4, -0.2) is 262 Å². The van der Waals surface area contributed by atoms with Gasteiger partial charge < -0.3 is 125 Å². The molecule has 0 aliphatic carbocycles. The molecule has 23 atom stereocenters. The predicted molar refractivity (Wildman–Crippen MR) is 370 cm³/mol. The van der Waals surface area contributed by atoms with E-state index < -0.39 is 204 Å². The van der Waals surface area contributed by atoms with Crippen LogP contribution in [0.15, 0.2) is 0 Å². The molecular weight excluding hydrogens is 1320 g/mol. The van der Waals surface area contributed by atoms with E-state index in [9.17, 15) is 90.7 Å². The minimum Gasteiger partial charge on any atom is -0.477 e. The van der Waals surface area contributed by atoms with Crippen LogP contribution in [0, 0.1) is 5.92 Å². The molecule has 4 aliphatic rings. The third-order valence-corrected chi connectivity index (χ3v) is 20.4. The van der Waals surface area contributed by atoms with Crippen LogP contribution in [0.25, 0.3) is 0 Å². The summed E-state index contributed by atoms with van der Waals surface area (Å²) >= 11 is 0. The molecule has 28 nitrogen and oxygen atoms in total. The van der Waals surface area contributed by atoms with Crippen molar-refractivity contribution in [1.82, 2.24) is 10.6 Å². The second-order valence-electron chi connectivity index (χ2n) is 28.9. The SMILES string of the molecule is CCCCCCCCCCCCCCCCCCCCCCC(=O)NC(COC1OC(CO)C(OC2OC(CO)C(OC3OC(CO)C(O)C(O)C3CC(C)=O)C(OC3(C(=O)O)CC(O)C(NC(C)=O)C(C(O)C(O)CO)O3)C2O)C(O)C1O)C(O)CCCCCCCCCCCCCCC. The van der Waals surface area contributed by atoms with Crippen LogP contribution in [0.3, 0.4) is 0 Å². The van der Waals surface area contributed by atoms with Crippen LogP contribution in [0.1, 0.15) is 265 Å². The minimum absolute atomic E-state index is 0.189. The van der Waals surface area contributed by atoms with Crippen LogP contribution < -0.4 is 10.6 Å². The molecule has 4 aliphatic heterocycles. The van der Waals surface area contributed by atoms with Crippen LogP contribution in [0.2, 0.25) is 0 Å². The summed E-state index contributed by atoms with van der Waals surface area (Å²) in [5.41, 5.74) is 0. The number of hydrogen-bond donors (Lipinski definition) is 16. The summed E-state index contributed by atoms with van der Waals surface area (Å²) in [6.45, 7) is 2.03. The molecule has 0 bridgehead atoms. The fraction of sp³-hybridized carbons (Fsp3) is 0.945. The zero-order valence-electron chi connectivity index (χ0n) is 61.1. The monoisotopic (exact) mass is 1450 g/mol. The van der Waals surface area contributed by atoms with Gasteiger partial charge >= 0.3 is 5.97 Å². The smallest absolute Gasteiger partial charge is 0.364 e. The van der Waals surface area contributed by atoms with E-state index in [-0.39, 0.29) is 12.3 Å². The van der Waals surface area contributed by atoms with Gasteiger partial charge in [-0.1, -0.05) is 219 Å². The van der Waals surface area contributed by atoms with Crippen LogP contribution >= 0.6 is 0 Å². The van der Waals surface area contributed by atoms with Crippen LogP contribution in [0.4, 0.5) is 0 Å². The fourth-order valence-corrected chi connectivity index (χ4v) is 14.2. The predicted octanol–water partition coefficient (Wildman–Crippen LogP) is 4.40. The lowest BCUT2D eigenvalue weighted by atomic mass is 9.87. The number of Topliss-reactive ketones (excluding diaryl/α,β-unsaturated/α-hetero) is 1. The number of carbonyl (C=O) groups excluding carboxylic acids is 3. The molecule has 16 N–H and O–H groups in total. The Bertz CT molecular complexity index is 2210. The molecule has 0 aromatic carbocycles. The van der Waals surface area contributed by atoms with Crippen molar-refractivity contribution in [3.63, 3.8) is 0 Å². The molecule has 4 heterocycles. The highest BCUT2D eigenvalue weighted by Gasteiger charge is 2.61. The lowest BCUT2D eigenvalue weighted by Crippen LogP contribution is -2.71. The van der Waals surface area contributed by atoms with Crippen molar-refractivity contribution in [1.29, 1.82) is 0 Å². The van der Waals surface area contributed by atoms with Crippen molar-refractivity contribution < 1.29 is 129 Å². The summed E-state index contributed by atoms with van der Waals surface area (Å²) in [5, 5.41) is 161. The number of nitrogens with one attached hydrogen (secondary N) is 2. The van der Waals surface area contributed by atoms with Gasteiger partial charge in [0.05, 0.1) is 63.4 Å². The first-order chi connectivity index (χ1) is 48.5. The average molecular weight is 1460 g/mol. The van der Waals surface area contributed by atoms with Crippen molar-refractivity contribution in [2.75, 3.05) is 33.0 Å². The molecule has 0 radical (unpaired) electrons. The largest absolute Gasteiger partial charge is 0.477 e. The lowest BCUT2D eigenvalue weighted by Gasteiger charge is -2.52. The normalized spacial score (nSPS) is 31.3. The Morgan fingerprint density at radius 2 is 0.950 bits per heavy atom. The summed E-state index contributed by atoms with van der Waals surface area (Å²) in [5.74, 6) is -8.50. The number of amides is 2. The number of aliphatic carboxylic acids is 1. The summed E-state index contributed by atoms with van der Waals surface area (Å²) in [6, 6.07) is -2.70. The van der Waals surface area contributed by atoms with E-state index in [1.165, 1.54) is 148 Å². The van der Waals surface area contributed by atoms with E-state index in [0.29, 0.717) is 19.3 Å². The van der Waals surface area contributed by atoms with Crippen LogP contribution in [0.5, 0.6) is 0 Å². The number of unbranched alkanes of at least 4 members (excludes halogenated alkanes) is 31. The highest BCUT2D eigenvalue weighted by Crippen LogP contribution is 2.41. The van der Waals surface area contributed by atoms with E-state index in [1.54, 1.807) is 0 Å². The second-order valence-corrected chi connectivity index (χ2v) is 28.9. The first-order valence-corrected chi connectivity index (χ1v) is 38.6. The number of rotatable bonds is 56. The summed E-state index contributed by atoms with van der Waals surface area (Å²) in [4.78, 5) is 52.2. The lowest BCUT2D eigenvalue weighted by molar-refractivity contribution is -0.403. The summed E-state index contributed by atoms with van der Waals surface area (Å²) < 4.78 is 48.2. The van der Waals surface area contributed by atoms with Gasteiger partial charge in [0.2, 0.25) is 11.8 Å². The van der Waals surface area contributed by atoms with Gasteiger partial charge in [-0.3, -0.25) is 9.59 Å². The quantitative estimate of drug-likeness (QED) is 0.0375. The molecule has 4 saturated heterocycles. The van der Waals surface area contributed by atoms with E-state index in [2.05, 4.69) is 24.5 Å². The molecule has 0 spiro atoms. The third-order valence-electron chi connectivity index (χ3n) is 20.4. The summed E-state index contributed by atoms with van der Waals surface area (Å²) in [7, 11) is 0. The first kappa shape index (κ1) is 90.6. The number of aliphatic hydroxyl groups is 13. The van der Waals surface area contributed by atoms with Crippen molar-refractivity contribution >= 4 is 23.6 Å². The topological polar surface area (TPSA) is 449 Å². The second kappa shape index (κ2) is 50.7. The first-order valence-electron chi connectivity index (χ1n) is 38.6. The molecule has 23 unspecified atom stereocenters. The van der Waals surface area contributed by atoms with Crippen molar-refractivity contribution in [3.05, 3.63) is 0 Å². The van der Waals surface area contributed by atoms with E-state index in [0.717, 1.165) is 65.2 Å². The molecule has 101 heavy (non-hydrogen) atoms. The van der Waals surface area contributed by atoms with Gasteiger partial charge in [0, 0.05) is 32.1 Å². The Morgan fingerprint density at radius 1 is 0.505 bits per heavy atom. The Hall–Kier alpha value is -2.76. The maximum Gasteiger partial charge on any atom is 0.364 e. The molecule has 0 aromatic rings. The molecule has 4 fully saturated rings. The van der Waals surface area contributed by atoms with Gasteiger partial charge in [-0.15, -0.1) is 0 Å². The zero-order chi connectivity index (χ0) is 74.3. The standard InChI is InChI=1S/C73H134N2O26/c1-5-7-9-11-13-15-17-19-20-21-22-23-24-25-27-29-31-33-35-37-39-57(85)75-50(51(82)38-36-34-32-30-28-26-18-16-14-12-10-8-6-2)46-94-70-63(90)62(89)65(55(44-78)96-70)98-71-64(91)68(66(56(45-79)97-71)99-69-49(40-47(3)80)59(86)61(88)54(43-77)95-69)101-73(72(92)93)41-52(83)58(74-48(4)81)67(100-73)60(87)53(84)42-76/h49-56,58-71,76-79,82-84,86-91H,5-46H2,1-4H3,(H,74,81)(H,75,85)(H,92,93). The molecule has 0 aromatic heterocycles. The number of hydrogen-bond acceptors (Lipinski definition) is 25. The van der Waals surface area contributed by atoms with E-state index >= 15 is 0 Å². The number of carbonyl (C=O) groups is 4. The molecule has 4 rings (SSSR count). The zero-order valence-corrected chi connectivity index (χ0v) is 61.1. The highest BCUT2D eigenvalue weighted by molar-refractivity contribution is 5.77. The van der Waals surface area contributed by atoms with Crippen molar-refractivity contribution in [2.45, 2.75) is 400 Å². The fourth-order valence-electron chi connectivity index (χ4n) is 14.2. The molecule has 28 heteroatoms. The number of carboxylic acid groups (broad SMARTS) is 1. The van der Waals surface area contributed by atoms with Crippen molar-refractivity contribution in [3.8, 4) is 0 Å². The van der Waals surface area contributed by atoms with Gasteiger partial charge in [0.25, 0.3) is 5.79 Å². The number of ether oxygens (including phenoxy) is 8. The van der Waals surface area contributed by atoms with E-state index in [4.69, 9.17) is 37.9 Å². The van der Waals surface area contributed by atoms with E-state index in [1.807, 2.05) is 0 Å². The average Bonchev–Trinajstić information content (AvgIpc) is 0.750. The van der Waals surface area contributed by atoms with Gasteiger partial charge in [-0.05, 0) is 19.8 Å². The number of ketones is 1. The maximum absolute atomic E-state index is 13.6. The minimum atomic E-state index is -3.26. The molecule has 0 saturated carbocycles. The van der Waals surface area contributed by atoms with Crippen molar-refractivity contribution in [2.24, 2.45) is 5.92 Å². The van der Waals surface area contributed by atoms with Gasteiger partial charge in [0.15, 0.2) is 18.9 Å². The molecule has 592 valence electrons. The molecular formula is C73H134N2O26. The van der Waals surface area contributed by atoms with Gasteiger partial charge in [-0.25, -0.2) is 4.79 Å². The number of carboxylic acids is 1. The Labute approximate surface area is 599 Å². The van der Waals surface area contributed by atoms with Gasteiger partial charge in [-0.2, -0.15) is 0 Å². The Morgan fingerprint density at radius 3 is 1.41 bits per heavy atom. The molecule has 2 amide bonds.